The van der Waals surface area contributed by atoms with Gasteiger partial charge >= 0.3 is 6.03 Å². The first-order valence-corrected chi connectivity index (χ1v) is 6.24. The van der Waals surface area contributed by atoms with E-state index in [2.05, 4.69) is 5.32 Å². The fraction of sp³-hybridized carbons (Fsp3) is 0.462. The van der Waals surface area contributed by atoms with E-state index in [0.29, 0.717) is 11.1 Å². The van der Waals surface area contributed by atoms with Crippen molar-refractivity contribution in [3.63, 3.8) is 0 Å². The highest BCUT2D eigenvalue weighted by atomic mass is 35.5. The first-order valence-electron chi connectivity index (χ1n) is 5.86. The van der Waals surface area contributed by atoms with E-state index in [-0.39, 0.29) is 12.1 Å². The predicted octanol–water partition coefficient (Wildman–Crippen LogP) is 3.20. The summed E-state index contributed by atoms with van der Waals surface area (Å²) in [6.07, 6.45) is 2.20. The summed E-state index contributed by atoms with van der Waals surface area (Å²) in [4.78, 5) is 13.6. The van der Waals surface area contributed by atoms with Crippen LogP contribution in [0.4, 0.5) is 4.79 Å². The molecule has 4 heteroatoms. The van der Waals surface area contributed by atoms with Gasteiger partial charge in [-0.25, -0.2) is 4.79 Å². The minimum atomic E-state index is -0.0139. The molecular weight excluding hydrogens is 236 g/mol. The van der Waals surface area contributed by atoms with E-state index in [4.69, 9.17) is 11.6 Å². The number of hydrogen-bond acceptors (Lipinski definition) is 1. The van der Waals surface area contributed by atoms with E-state index in [1.807, 2.05) is 38.2 Å². The Balaban J connectivity index is 2.02. The van der Waals surface area contributed by atoms with Gasteiger partial charge in [-0.2, -0.15) is 0 Å². The van der Waals surface area contributed by atoms with E-state index in [9.17, 15) is 4.79 Å². The molecule has 1 atom stereocenters. The smallest absolute Gasteiger partial charge is 0.317 e. The molecule has 0 radical (unpaired) electrons. The van der Waals surface area contributed by atoms with Crippen molar-refractivity contribution in [3.05, 3.63) is 34.9 Å². The van der Waals surface area contributed by atoms with Gasteiger partial charge in [0.1, 0.15) is 0 Å². The Morgan fingerprint density at radius 3 is 2.82 bits per heavy atom. The van der Waals surface area contributed by atoms with Crippen LogP contribution in [0, 0.1) is 0 Å². The minimum absolute atomic E-state index is 0.0139. The number of hydrogen-bond donors (Lipinski definition) is 1. The summed E-state index contributed by atoms with van der Waals surface area (Å²) in [7, 11) is 1.81. The van der Waals surface area contributed by atoms with Gasteiger partial charge in [0, 0.05) is 18.1 Å². The van der Waals surface area contributed by atoms with Crippen LogP contribution in [0.5, 0.6) is 0 Å². The molecule has 0 saturated heterocycles. The van der Waals surface area contributed by atoms with Gasteiger partial charge in [0.25, 0.3) is 0 Å². The van der Waals surface area contributed by atoms with E-state index in [1.165, 1.54) is 0 Å². The van der Waals surface area contributed by atoms with Crippen LogP contribution in [-0.4, -0.2) is 24.0 Å². The van der Waals surface area contributed by atoms with Gasteiger partial charge in [-0.1, -0.05) is 23.7 Å². The number of nitrogens with zero attached hydrogens (tertiary/aromatic N) is 1. The molecule has 3 nitrogen and oxygen atoms in total. The first-order chi connectivity index (χ1) is 8.08. The highest BCUT2D eigenvalue weighted by molar-refractivity contribution is 6.30. The Labute approximate surface area is 107 Å². The van der Waals surface area contributed by atoms with Crippen LogP contribution in [0.25, 0.3) is 0 Å². The molecular formula is C13H17ClN2O. The summed E-state index contributed by atoms with van der Waals surface area (Å²) in [6, 6.07) is 8.01. The SMILES string of the molecule is CC(c1cccc(Cl)c1)N(C)C(=O)NC1CC1. The minimum Gasteiger partial charge on any atom is -0.335 e. The van der Waals surface area contributed by atoms with Gasteiger partial charge in [0.15, 0.2) is 0 Å². The topological polar surface area (TPSA) is 32.3 Å². The molecule has 1 N–H and O–H groups in total. The molecule has 1 aliphatic rings. The monoisotopic (exact) mass is 252 g/mol. The van der Waals surface area contributed by atoms with E-state index in [0.717, 1.165) is 18.4 Å². The lowest BCUT2D eigenvalue weighted by atomic mass is 10.1. The number of halogens is 1. The third-order valence-electron chi connectivity index (χ3n) is 3.14. The standard InChI is InChI=1S/C13H17ClN2O/c1-9(10-4-3-5-11(14)8-10)16(2)13(17)15-12-6-7-12/h3-5,8-9,12H,6-7H2,1-2H3,(H,15,17). The van der Waals surface area contributed by atoms with Crippen molar-refractivity contribution in [2.24, 2.45) is 0 Å². The number of amides is 2. The maximum absolute atomic E-state index is 11.9. The zero-order valence-corrected chi connectivity index (χ0v) is 10.9. The summed E-state index contributed by atoms with van der Waals surface area (Å²) in [5.74, 6) is 0. The van der Waals surface area contributed by atoms with Gasteiger partial charge in [-0.3, -0.25) is 0 Å². The number of urea groups is 1. The second kappa shape index (κ2) is 4.96. The molecule has 2 rings (SSSR count). The first kappa shape index (κ1) is 12.2. The number of carbonyl (C=O) groups excluding carboxylic acids is 1. The zero-order chi connectivity index (χ0) is 12.4. The second-order valence-electron chi connectivity index (χ2n) is 4.57. The molecule has 2 amide bonds. The van der Waals surface area contributed by atoms with Crippen molar-refractivity contribution in [1.29, 1.82) is 0 Å². The number of benzene rings is 1. The maximum atomic E-state index is 11.9. The molecule has 1 saturated carbocycles. The largest absolute Gasteiger partial charge is 0.335 e. The lowest BCUT2D eigenvalue weighted by Crippen LogP contribution is -2.39. The van der Waals surface area contributed by atoms with Crippen LogP contribution >= 0.6 is 11.6 Å². The quantitative estimate of drug-likeness (QED) is 0.880. The number of carbonyl (C=O) groups is 1. The Morgan fingerprint density at radius 2 is 2.24 bits per heavy atom. The molecule has 1 aromatic rings. The van der Waals surface area contributed by atoms with Crippen LogP contribution < -0.4 is 5.32 Å². The van der Waals surface area contributed by atoms with Crippen LogP contribution in [-0.2, 0) is 0 Å². The van der Waals surface area contributed by atoms with Gasteiger partial charge in [0.2, 0.25) is 0 Å². The summed E-state index contributed by atoms with van der Waals surface area (Å²) in [6.45, 7) is 2.00. The van der Waals surface area contributed by atoms with Crippen molar-refractivity contribution in [2.75, 3.05) is 7.05 Å². The molecule has 0 aliphatic heterocycles. The Bertz CT molecular complexity index is 418. The highest BCUT2D eigenvalue weighted by Gasteiger charge is 2.26. The van der Waals surface area contributed by atoms with E-state index < -0.39 is 0 Å². The summed E-state index contributed by atoms with van der Waals surface area (Å²) < 4.78 is 0. The summed E-state index contributed by atoms with van der Waals surface area (Å²) in [5, 5.41) is 3.67. The van der Waals surface area contributed by atoms with Crippen LogP contribution in [0.2, 0.25) is 5.02 Å². The van der Waals surface area contributed by atoms with Gasteiger partial charge in [-0.15, -0.1) is 0 Å². The third kappa shape index (κ3) is 3.13. The molecule has 92 valence electrons. The number of rotatable bonds is 3. The van der Waals surface area contributed by atoms with Crippen LogP contribution in [0.15, 0.2) is 24.3 Å². The average molecular weight is 253 g/mol. The predicted molar refractivity (Wildman–Crippen MR) is 69.2 cm³/mol. The van der Waals surface area contributed by atoms with Gasteiger partial charge in [0.05, 0.1) is 6.04 Å². The Morgan fingerprint density at radius 1 is 1.53 bits per heavy atom. The lowest BCUT2D eigenvalue weighted by Gasteiger charge is -2.25. The Kier molecular flexibility index (Phi) is 3.57. The van der Waals surface area contributed by atoms with E-state index in [1.54, 1.807) is 4.90 Å². The normalized spacial score (nSPS) is 16.4. The third-order valence-corrected chi connectivity index (χ3v) is 3.37. The Hall–Kier alpha value is -1.22. The van der Waals surface area contributed by atoms with Crippen molar-refractivity contribution in [3.8, 4) is 0 Å². The zero-order valence-electron chi connectivity index (χ0n) is 10.1. The highest BCUT2D eigenvalue weighted by Crippen LogP contribution is 2.23. The van der Waals surface area contributed by atoms with Crippen molar-refractivity contribution in [1.82, 2.24) is 10.2 Å². The fourth-order valence-corrected chi connectivity index (χ4v) is 1.87. The van der Waals surface area contributed by atoms with E-state index >= 15 is 0 Å². The second-order valence-corrected chi connectivity index (χ2v) is 5.00. The van der Waals surface area contributed by atoms with Crippen molar-refractivity contribution < 1.29 is 4.79 Å². The summed E-state index contributed by atoms with van der Waals surface area (Å²) >= 11 is 5.95. The maximum Gasteiger partial charge on any atom is 0.317 e. The molecule has 1 unspecified atom stereocenters. The molecule has 1 aliphatic carbocycles. The van der Waals surface area contributed by atoms with Crippen molar-refractivity contribution in [2.45, 2.75) is 31.8 Å². The molecule has 0 bridgehead atoms. The average Bonchev–Trinajstić information content (AvgIpc) is 3.11. The molecule has 1 aromatic carbocycles. The number of nitrogens with one attached hydrogen (secondary N) is 1. The molecule has 0 spiro atoms. The molecule has 0 heterocycles. The van der Waals surface area contributed by atoms with Crippen LogP contribution in [0.1, 0.15) is 31.4 Å². The molecule has 1 fully saturated rings. The van der Waals surface area contributed by atoms with Gasteiger partial charge < -0.3 is 10.2 Å². The fourth-order valence-electron chi connectivity index (χ4n) is 1.67. The van der Waals surface area contributed by atoms with Crippen molar-refractivity contribution >= 4 is 17.6 Å². The van der Waals surface area contributed by atoms with Crippen LogP contribution in [0.3, 0.4) is 0 Å². The summed E-state index contributed by atoms with van der Waals surface area (Å²) in [5.41, 5.74) is 1.05. The van der Waals surface area contributed by atoms with Gasteiger partial charge in [-0.05, 0) is 37.5 Å². The lowest BCUT2D eigenvalue weighted by molar-refractivity contribution is 0.194. The molecule has 0 aromatic heterocycles. The molecule has 17 heavy (non-hydrogen) atoms.